The molecule has 0 heterocycles. The minimum absolute atomic E-state index is 0.191. The summed E-state index contributed by atoms with van der Waals surface area (Å²) in [6.45, 7) is 3.13. The van der Waals surface area contributed by atoms with Crippen LogP contribution in [0, 0.1) is 6.92 Å². The van der Waals surface area contributed by atoms with E-state index >= 15 is 0 Å². The van der Waals surface area contributed by atoms with E-state index in [4.69, 9.17) is 0 Å². The summed E-state index contributed by atoms with van der Waals surface area (Å²) in [5, 5.41) is 0. The predicted molar refractivity (Wildman–Crippen MR) is 64.1 cm³/mol. The van der Waals surface area contributed by atoms with E-state index in [0.717, 1.165) is 11.8 Å². The first-order valence-corrected chi connectivity index (χ1v) is 6.69. The molecule has 0 spiro atoms. The van der Waals surface area contributed by atoms with Gasteiger partial charge in [0.1, 0.15) is 0 Å². The summed E-state index contributed by atoms with van der Waals surface area (Å²) in [6, 6.07) is 6.60. The van der Waals surface area contributed by atoms with Crippen LogP contribution in [0.2, 0.25) is 0 Å². The molecule has 0 aliphatic carbocycles. The molecule has 0 aliphatic rings. The Kier molecular flexibility index (Phi) is 4.45. The van der Waals surface area contributed by atoms with E-state index in [0.29, 0.717) is 0 Å². The smallest absolute Gasteiger partial charge is 0.307 e. The Labute approximate surface area is 101 Å². The largest absolute Gasteiger partial charge is 0.435 e. The fraction of sp³-hybridized carbons (Fsp3) is 0.250. The first-order valence-electron chi connectivity index (χ1n) is 5.03. The maximum absolute atomic E-state index is 11.8. The molecule has 4 nitrogen and oxygen atoms in total. The quantitative estimate of drug-likeness (QED) is 0.607. The Bertz CT molecular complexity index is 512. The molecule has 0 saturated carbocycles. The zero-order chi connectivity index (χ0) is 12.9. The van der Waals surface area contributed by atoms with Crippen molar-refractivity contribution in [2.24, 2.45) is 0 Å². The summed E-state index contributed by atoms with van der Waals surface area (Å²) in [4.78, 5) is 10.7. The lowest BCUT2D eigenvalue weighted by Crippen LogP contribution is -2.04. The fourth-order valence-corrected chi connectivity index (χ4v) is 2.23. The van der Waals surface area contributed by atoms with Crippen LogP contribution < -0.4 is 0 Å². The summed E-state index contributed by atoms with van der Waals surface area (Å²) in [5.41, 5.74) is 0.999. The van der Waals surface area contributed by atoms with Crippen LogP contribution in [-0.2, 0) is 19.4 Å². The van der Waals surface area contributed by atoms with Crippen molar-refractivity contribution in [2.45, 2.75) is 18.7 Å². The van der Waals surface area contributed by atoms with Crippen molar-refractivity contribution in [1.29, 1.82) is 0 Å². The SMILES string of the molecule is CC(=O)O/C=C/CS(=O)(=O)c1ccc(C)cc1. The van der Waals surface area contributed by atoms with Crippen molar-refractivity contribution in [3.05, 3.63) is 42.2 Å². The number of carbonyl (C=O) groups excluding carboxylic acids is 1. The Morgan fingerprint density at radius 1 is 1.29 bits per heavy atom. The molecule has 0 unspecified atom stereocenters. The second-order valence-electron chi connectivity index (χ2n) is 3.58. The number of sulfone groups is 1. The summed E-state index contributed by atoms with van der Waals surface area (Å²) >= 11 is 0. The van der Waals surface area contributed by atoms with E-state index in [-0.39, 0.29) is 10.6 Å². The van der Waals surface area contributed by atoms with Crippen molar-refractivity contribution in [2.75, 3.05) is 5.75 Å². The molecule has 0 radical (unpaired) electrons. The van der Waals surface area contributed by atoms with Crippen LogP contribution in [0.3, 0.4) is 0 Å². The van der Waals surface area contributed by atoms with Crippen LogP contribution >= 0.6 is 0 Å². The van der Waals surface area contributed by atoms with Crippen LogP contribution in [0.5, 0.6) is 0 Å². The molecule has 0 aliphatic heterocycles. The monoisotopic (exact) mass is 254 g/mol. The number of benzene rings is 1. The number of esters is 1. The molecule has 0 atom stereocenters. The molecule has 0 saturated heterocycles. The van der Waals surface area contributed by atoms with E-state index in [9.17, 15) is 13.2 Å². The van der Waals surface area contributed by atoms with E-state index in [2.05, 4.69) is 4.74 Å². The standard InChI is InChI=1S/C12H14O4S/c1-10-4-6-12(7-5-10)17(14,15)9-3-8-16-11(2)13/h3-8H,9H2,1-2H3/b8-3+. The maximum atomic E-state index is 11.8. The van der Waals surface area contributed by atoms with Crippen LogP contribution in [0.15, 0.2) is 41.5 Å². The van der Waals surface area contributed by atoms with Crippen molar-refractivity contribution in [3.63, 3.8) is 0 Å². The molecule has 17 heavy (non-hydrogen) atoms. The molecule has 92 valence electrons. The number of rotatable bonds is 4. The predicted octanol–water partition coefficient (Wildman–Crippen LogP) is 1.85. The van der Waals surface area contributed by atoms with Gasteiger partial charge in [-0.25, -0.2) is 8.42 Å². The first-order chi connectivity index (χ1) is 7.92. The molecule has 0 aromatic heterocycles. The van der Waals surface area contributed by atoms with Gasteiger partial charge in [-0.05, 0) is 25.1 Å². The highest BCUT2D eigenvalue weighted by Gasteiger charge is 2.11. The van der Waals surface area contributed by atoms with Crippen molar-refractivity contribution in [3.8, 4) is 0 Å². The van der Waals surface area contributed by atoms with Crippen LogP contribution in [0.1, 0.15) is 12.5 Å². The maximum Gasteiger partial charge on any atom is 0.307 e. The van der Waals surface area contributed by atoms with Gasteiger partial charge in [0.15, 0.2) is 9.84 Å². The molecule has 0 N–H and O–H groups in total. The van der Waals surface area contributed by atoms with Gasteiger partial charge >= 0.3 is 5.97 Å². The zero-order valence-electron chi connectivity index (χ0n) is 9.71. The third-order valence-electron chi connectivity index (χ3n) is 2.03. The summed E-state index contributed by atoms with van der Waals surface area (Å²) < 4.78 is 28.1. The van der Waals surface area contributed by atoms with Gasteiger partial charge in [0.25, 0.3) is 0 Å². The Morgan fingerprint density at radius 2 is 1.88 bits per heavy atom. The second-order valence-corrected chi connectivity index (χ2v) is 5.61. The van der Waals surface area contributed by atoms with Crippen LogP contribution in [-0.4, -0.2) is 20.1 Å². The van der Waals surface area contributed by atoms with Gasteiger partial charge in [-0.1, -0.05) is 17.7 Å². The highest BCUT2D eigenvalue weighted by atomic mass is 32.2. The van der Waals surface area contributed by atoms with Gasteiger partial charge in [0, 0.05) is 6.92 Å². The molecular weight excluding hydrogens is 240 g/mol. The summed E-state index contributed by atoms with van der Waals surface area (Å²) in [7, 11) is -3.35. The highest BCUT2D eigenvalue weighted by Crippen LogP contribution is 2.12. The molecule has 5 heteroatoms. The normalized spacial score (nSPS) is 11.6. The average Bonchev–Trinajstić information content (AvgIpc) is 2.25. The van der Waals surface area contributed by atoms with Gasteiger partial charge in [0.05, 0.1) is 16.9 Å². The topological polar surface area (TPSA) is 60.4 Å². The number of aryl methyl sites for hydroxylation is 1. The van der Waals surface area contributed by atoms with Crippen molar-refractivity contribution >= 4 is 15.8 Å². The van der Waals surface area contributed by atoms with E-state index < -0.39 is 15.8 Å². The number of hydrogen-bond donors (Lipinski definition) is 0. The molecule has 0 amide bonds. The first kappa shape index (κ1) is 13.4. The van der Waals surface area contributed by atoms with E-state index in [1.807, 2.05) is 6.92 Å². The van der Waals surface area contributed by atoms with E-state index in [1.54, 1.807) is 24.3 Å². The molecule has 1 aromatic rings. The lowest BCUT2D eigenvalue weighted by atomic mass is 10.2. The van der Waals surface area contributed by atoms with Crippen molar-refractivity contribution in [1.82, 2.24) is 0 Å². The number of ether oxygens (including phenoxy) is 1. The number of carbonyl (C=O) groups is 1. The lowest BCUT2D eigenvalue weighted by Gasteiger charge is -2.01. The van der Waals surface area contributed by atoms with Crippen molar-refractivity contribution < 1.29 is 17.9 Å². The molecule has 0 bridgehead atoms. The zero-order valence-corrected chi connectivity index (χ0v) is 10.5. The van der Waals surface area contributed by atoms with Crippen LogP contribution in [0.25, 0.3) is 0 Å². The molecular formula is C12H14O4S. The minimum Gasteiger partial charge on any atom is -0.435 e. The van der Waals surface area contributed by atoms with E-state index in [1.165, 1.54) is 13.0 Å². The second kappa shape index (κ2) is 5.63. The minimum atomic E-state index is -3.35. The lowest BCUT2D eigenvalue weighted by molar-refractivity contribution is -0.135. The van der Waals surface area contributed by atoms with Gasteiger partial charge < -0.3 is 4.74 Å². The molecule has 1 aromatic carbocycles. The third-order valence-corrected chi connectivity index (χ3v) is 3.65. The fourth-order valence-electron chi connectivity index (χ4n) is 1.15. The van der Waals surface area contributed by atoms with Gasteiger partial charge in [0.2, 0.25) is 0 Å². The Hall–Kier alpha value is -1.62. The highest BCUT2D eigenvalue weighted by molar-refractivity contribution is 7.91. The number of hydrogen-bond acceptors (Lipinski definition) is 4. The average molecular weight is 254 g/mol. The molecule has 0 fully saturated rings. The third kappa shape index (κ3) is 4.40. The Balaban J connectivity index is 2.72. The van der Waals surface area contributed by atoms with Gasteiger partial charge in [-0.2, -0.15) is 0 Å². The molecule has 1 rings (SSSR count). The Morgan fingerprint density at radius 3 is 2.41 bits per heavy atom. The summed E-state index contributed by atoms with van der Waals surface area (Å²) in [5.74, 6) is -0.669. The van der Waals surface area contributed by atoms with Crippen LogP contribution in [0.4, 0.5) is 0 Å². The summed E-state index contributed by atoms with van der Waals surface area (Å²) in [6.07, 6.45) is 2.39. The van der Waals surface area contributed by atoms with Gasteiger partial charge in [-0.15, -0.1) is 0 Å². The van der Waals surface area contributed by atoms with Gasteiger partial charge in [-0.3, -0.25) is 4.79 Å².